The van der Waals surface area contributed by atoms with E-state index in [9.17, 15) is 8.42 Å². The summed E-state index contributed by atoms with van der Waals surface area (Å²) in [5.74, 6) is 0.884. The molecule has 0 radical (unpaired) electrons. The van der Waals surface area contributed by atoms with E-state index in [1.165, 1.54) is 6.20 Å². The quantitative estimate of drug-likeness (QED) is 0.802. The van der Waals surface area contributed by atoms with Crippen LogP contribution >= 0.6 is 0 Å². The van der Waals surface area contributed by atoms with Crippen LogP contribution in [0.5, 0.6) is 5.75 Å². The first-order chi connectivity index (χ1) is 10.1. The summed E-state index contributed by atoms with van der Waals surface area (Å²) < 4.78 is 34.8. The first kappa shape index (κ1) is 15.2. The molecule has 0 unspecified atom stereocenters. The molecule has 0 aliphatic rings. The third-order valence-corrected chi connectivity index (χ3v) is 4.06. The minimum absolute atomic E-state index is 0.0822. The van der Waals surface area contributed by atoms with Crippen LogP contribution in [-0.2, 0) is 21.0 Å². The molecule has 0 saturated carbocycles. The second-order valence-corrected chi connectivity index (χ2v) is 5.69. The maximum atomic E-state index is 12.0. The number of hydrogen-bond acceptors (Lipinski definition) is 6. The molecule has 2 aromatic rings. The van der Waals surface area contributed by atoms with Gasteiger partial charge in [-0.3, -0.25) is 4.18 Å². The predicted octanol–water partition coefficient (Wildman–Crippen LogP) is 1.38. The number of hydrogen-bond donors (Lipinski definition) is 0. The summed E-state index contributed by atoms with van der Waals surface area (Å²) in [6, 6.07) is 10.2. The molecule has 0 aliphatic carbocycles. The molecular weight excluding hydrogens is 294 g/mol. The Morgan fingerprint density at radius 1 is 1.14 bits per heavy atom. The number of benzene rings is 1. The minimum atomic E-state index is -3.93. The fourth-order valence-corrected chi connectivity index (χ4v) is 2.50. The normalized spacial score (nSPS) is 11.1. The molecule has 0 amide bonds. The molecule has 112 valence electrons. The molecule has 1 heterocycles. The Labute approximate surface area is 123 Å². The molecule has 0 fully saturated rings. The van der Waals surface area contributed by atoms with Crippen LogP contribution in [0.15, 0.2) is 42.6 Å². The van der Waals surface area contributed by atoms with Gasteiger partial charge in [0.2, 0.25) is 0 Å². The largest absolute Gasteiger partial charge is 0.497 e. The van der Waals surface area contributed by atoms with E-state index >= 15 is 0 Å². The third kappa shape index (κ3) is 3.67. The van der Waals surface area contributed by atoms with Crippen LogP contribution in [-0.4, -0.2) is 32.8 Å². The molecule has 8 heteroatoms. The number of rotatable bonds is 6. The van der Waals surface area contributed by atoms with E-state index in [4.69, 9.17) is 4.74 Å². The average Bonchev–Trinajstić information content (AvgIpc) is 2.54. The lowest BCUT2D eigenvalue weighted by molar-refractivity contribution is 0.393. The van der Waals surface area contributed by atoms with Gasteiger partial charge in [0.15, 0.2) is 5.82 Å². The van der Waals surface area contributed by atoms with Crippen molar-refractivity contribution < 1.29 is 17.3 Å². The van der Waals surface area contributed by atoms with E-state index in [1.807, 2.05) is 0 Å². The lowest BCUT2D eigenvalue weighted by Gasteiger charge is -2.21. The Kier molecular flexibility index (Phi) is 4.71. The van der Waals surface area contributed by atoms with Gasteiger partial charge in [-0.1, -0.05) is 12.1 Å². The molecule has 0 atom stereocenters. The molecule has 7 nitrogen and oxygen atoms in total. The summed E-state index contributed by atoms with van der Waals surface area (Å²) in [7, 11) is -1.26. The topological polar surface area (TPSA) is 81.6 Å². The highest BCUT2D eigenvalue weighted by atomic mass is 32.2. The first-order valence-corrected chi connectivity index (χ1v) is 7.42. The summed E-state index contributed by atoms with van der Waals surface area (Å²) in [5.41, 5.74) is 0.766. The first-order valence-electron chi connectivity index (χ1n) is 6.06. The molecule has 0 N–H and O–H groups in total. The highest BCUT2D eigenvalue weighted by Gasteiger charge is 2.23. The van der Waals surface area contributed by atoms with Crippen molar-refractivity contribution >= 4 is 16.1 Å². The third-order valence-electron chi connectivity index (χ3n) is 2.78. The maximum Gasteiger partial charge on any atom is 0.363 e. The van der Waals surface area contributed by atoms with E-state index in [0.29, 0.717) is 5.75 Å². The zero-order valence-corrected chi connectivity index (χ0v) is 12.4. The molecule has 0 spiro atoms. The number of aromatic nitrogens is 2. The molecule has 0 bridgehead atoms. The van der Waals surface area contributed by atoms with Crippen LogP contribution in [0.25, 0.3) is 0 Å². The van der Waals surface area contributed by atoms with Gasteiger partial charge < -0.3 is 4.74 Å². The van der Waals surface area contributed by atoms with Gasteiger partial charge in [0.05, 0.1) is 20.8 Å². The number of nitrogens with zero attached hydrogens (tertiary/aromatic N) is 3. The smallest absolute Gasteiger partial charge is 0.363 e. The summed E-state index contributed by atoms with van der Waals surface area (Å²) >= 11 is 0. The Morgan fingerprint density at radius 3 is 2.38 bits per heavy atom. The van der Waals surface area contributed by atoms with Gasteiger partial charge in [-0.2, -0.15) is 13.5 Å². The van der Waals surface area contributed by atoms with Crippen molar-refractivity contribution in [3.05, 3.63) is 48.2 Å². The van der Waals surface area contributed by atoms with E-state index in [2.05, 4.69) is 14.4 Å². The van der Waals surface area contributed by atoms with Gasteiger partial charge in [-0.05, 0) is 29.8 Å². The molecule has 21 heavy (non-hydrogen) atoms. The Hall–Kier alpha value is -2.19. The molecule has 0 saturated heterocycles. The van der Waals surface area contributed by atoms with Crippen LogP contribution in [0, 0.1) is 0 Å². The van der Waals surface area contributed by atoms with Gasteiger partial charge >= 0.3 is 10.3 Å². The second-order valence-electron chi connectivity index (χ2n) is 4.06. The summed E-state index contributed by atoms with van der Waals surface area (Å²) in [6.07, 6.45) is 1.47. The molecule has 1 aromatic heterocycles. The SMILES string of the molecule is COc1ccc(CN(c2cccnn2)S(=O)(=O)OC)cc1. The lowest BCUT2D eigenvalue weighted by atomic mass is 10.2. The molecule has 2 rings (SSSR count). The number of ether oxygens (including phenoxy) is 1. The van der Waals surface area contributed by atoms with Crippen molar-refractivity contribution in [3.8, 4) is 5.75 Å². The number of anilines is 1. The highest BCUT2D eigenvalue weighted by molar-refractivity contribution is 7.88. The van der Waals surface area contributed by atoms with Crippen molar-refractivity contribution in [3.63, 3.8) is 0 Å². The van der Waals surface area contributed by atoms with Gasteiger partial charge in [-0.25, -0.2) is 4.31 Å². The van der Waals surface area contributed by atoms with Crippen LogP contribution < -0.4 is 9.04 Å². The zero-order chi connectivity index (χ0) is 15.3. The Bertz CT molecular complexity index is 674. The van der Waals surface area contributed by atoms with Gasteiger partial charge in [0, 0.05) is 6.20 Å². The number of methoxy groups -OCH3 is 1. The Balaban J connectivity index is 2.32. The zero-order valence-electron chi connectivity index (χ0n) is 11.6. The van der Waals surface area contributed by atoms with E-state index < -0.39 is 10.3 Å². The van der Waals surface area contributed by atoms with Crippen molar-refractivity contribution in [2.24, 2.45) is 0 Å². The summed E-state index contributed by atoms with van der Waals surface area (Å²) in [4.78, 5) is 0. The molecule has 1 aromatic carbocycles. The van der Waals surface area contributed by atoms with Gasteiger partial charge in [0.25, 0.3) is 0 Å². The van der Waals surface area contributed by atoms with Crippen molar-refractivity contribution in [1.29, 1.82) is 0 Å². The monoisotopic (exact) mass is 309 g/mol. The highest BCUT2D eigenvalue weighted by Crippen LogP contribution is 2.20. The van der Waals surface area contributed by atoms with E-state index in [0.717, 1.165) is 17.0 Å². The Morgan fingerprint density at radius 2 is 1.86 bits per heavy atom. The minimum Gasteiger partial charge on any atom is -0.497 e. The average molecular weight is 309 g/mol. The standard InChI is InChI=1S/C13H15N3O4S/c1-19-12-7-5-11(6-8-12)10-16(21(17,18)20-2)13-4-3-9-14-15-13/h3-9H,10H2,1-2H3. The second kappa shape index (κ2) is 6.51. The molecule has 0 aliphatic heterocycles. The van der Waals surface area contributed by atoms with Crippen molar-refractivity contribution in [2.75, 3.05) is 18.5 Å². The fraction of sp³-hybridized carbons (Fsp3) is 0.231. The molecular formula is C13H15N3O4S. The fourth-order valence-electron chi connectivity index (χ4n) is 1.69. The van der Waals surface area contributed by atoms with Crippen LogP contribution in [0.2, 0.25) is 0 Å². The van der Waals surface area contributed by atoms with Crippen LogP contribution in [0.3, 0.4) is 0 Å². The van der Waals surface area contributed by atoms with Crippen molar-refractivity contribution in [2.45, 2.75) is 6.54 Å². The summed E-state index contributed by atoms with van der Waals surface area (Å²) in [6.45, 7) is 0.0822. The predicted molar refractivity (Wildman–Crippen MR) is 77.1 cm³/mol. The van der Waals surface area contributed by atoms with Crippen molar-refractivity contribution in [1.82, 2.24) is 10.2 Å². The van der Waals surface area contributed by atoms with Gasteiger partial charge in [0.1, 0.15) is 5.75 Å². The lowest BCUT2D eigenvalue weighted by Crippen LogP contribution is -2.32. The van der Waals surface area contributed by atoms with Crippen LogP contribution in [0.4, 0.5) is 5.82 Å². The summed E-state index contributed by atoms with van der Waals surface area (Å²) in [5, 5.41) is 7.51. The van der Waals surface area contributed by atoms with Gasteiger partial charge in [-0.15, -0.1) is 5.10 Å². The van der Waals surface area contributed by atoms with E-state index in [1.54, 1.807) is 43.5 Å². The van der Waals surface area contributed by atoms with Crippen LogP contribution in [0.1, 0.15) is 5.56 Å². The van der Waals surface area contributed by atoms with E-state index in [-0.39, 0.29) is 12.4 Å². The maximum absolute atomic E-state index is 12.0.